The topological polar surface area (TPSA) is 61.8 Å². The number of para-hydroxylation sites is 1. The molecule has 2 rings (SSSR count). The van der Waals surface area contributed by atoms with E-state index in [1.54, 1.807) is 6.92 Å². The van der Waals surface area contributed by atoms with E-state index in [9.17, 15) is 8.42 Å². The van der Waals surface area contributed by atoms with Gasteiger partial charge in [0.05, 0.1) is 12.2 Å². The average molecular weight is 274 g/mol. The summed E-state index contributed by atoms with van der Waals surface area (Å²) in [7, 11) is 1.70. The molecule has 1 atom stereocenters. The second-order valence-corrected chi connectivity index (χ2v) is 6.45. The predicted molar refractivity (Wildman–Crippen MR) is 68.4 cm³/mol. The summed E-state index contributed by atoms with van der Waals surface area (Å²) in [5, 5.41) is 0.613. The Kier molecular flexibility index (Phi) is 3.26. The molecule has 1 aliphatic rings. The Morgan fingerprint density at radius 1 is 1.41 bits per heavy atom. The highest BCUT2D eigenvalue weighted by Crippen LogP contribution is 2.20. The number of benzene rings is 1. The fraction of sp³-hybridized carbons (Fsp3) is 0.300. The minimum atomic E-state index is -3.68. The van der Waals surface area contributed by atoms with Gasteiger partial charge in [0.2, 0.25) is 0 Å². The third kappa shape index (κ3) is 2.70. The molecule has 0 aliphatic carbocycles. The van der Waals surface area contributed by atoms with Gasteiger partial charge in [0.25, 0.3) is 9.05 Å². The molecule has 1 aromatic rings. The van der Waals surface area contributed by atoms with Gasteiger partial charge in [0.15, 0.2) is 5.37 Å². The summed E-state index contributed by atoms with van der Waals surface area (Å²) in [6.07, 6.45) is 0. The molecule has 7 heteroatoms. The Morgan fingerprint density at radius 2 is 2.06 bits per heavy atom. The van der Waals surface area contributed by atoms with Crippen LogP contribution in [0, 0.1) is 0 Å². The quantitative estimate of drug-likeness (QED) is 0.851. The molecular formula is C10H12ClN3O2S. The van der Waals surface area contributed by atoms with Crippen LogP contribution in [0.1, 0.15) is 6.92 Å². The standard InChI is InChI=1S/C10H12ClN3O2S/c1-8-12-7-10(17(11,15)16)14(8)13-9-5-3-2-4-6-9/h2-6,10,13H,7H2,1H3. The molecule has 0 bridgehead atoms. The van der Waals surface area contributed by atoms with Crippen molar-refractivity contribution < 1.29 is 8.42 Å². The summed E-state index contributed by atoms with van der Waals surface area (Å²) in [6.45, 7) is 1.88. The molecule has 0 amide bonds. The number of rotatable bonds is 3. The van der Waals surface area contributed by atoms with Gasteiger partial charge in [-0.25, -0.2) is 8.42 Å². The molecule has 0 saturated carbocycles. The summed E-state index contributed by atoms with van der Waals surface area (Å²) in [5.74, 6) is 0.600. The van der Waals surface area contributed by atoms with E-state index >= 15 is 0 Å². The zero-order valence-corrected chi connectivity index (χ0v) is 10.7. The van der Waals surface area contributed by atoms with Crippen LogP contribution in [0.4, 0.5) is 5.69 Å². The molecule has 0 saturated heterocycles. The Labute approximate surface area is 104 Å². The monoisotopic (exact) mass is 273 g/mol. The highest BCUT2D eigenvalue weighted by Gasteiger charge is 2.35. The smallest absolute Gasteiger partial charge is 0.257 e. The first-order chi connectivity index (χ1) is 7.98. The Balaban J connectivity index is 2.21. The van der Waals surface area contributed by atoms with E-state index in [2.05, 4.69) is 10.4 Å². The molecule has 1 N–H and O–H groups in total. The summed E-state index contributed by atoms with van der Waals surface area (Å²) < 4.78 is 22.8. The lowest BCUT2D eigenvalue weighted by atomic mass is 10.3. The predicted octanol–water partition coefficient (Wildman–Crippen LogP) is 1.64. The lowest BCUT2D eigenvalue weighted by Crippen LogP contribution is -2.43. The number of nitrogens with one attached hydrogen (secondary N) is 1. The van der Waals surface area contributed by atoms with Gasteiger partial charge in [-0.15, -0.1) is 0 Å². The molecule has 92 valence electrons. The number of amidine groups is 1. The Morgan fingerprint density at radius 3 is 2.65 bits per heavy atom. The fourth-order valence-corrected chi connectivity index (χ4v) is 2.71. The van der Waals surface area contributed by atoms with Crippen LogP contribution in [0.15, 0.2) is 35.3 Å². The highest BCUT2D eigenvalue weighted by atomic mass is 35.7. The van der Waals surface area contributed by atoms with Crippen LogP contribution >= 0.6 is 10.7 Å². The number of hydrogen-bond acceptors (Lipinski definition) is 5. The highest BCUT2D eigenvalue weighted by molar-refractivity contribution is 8.14. The molecule has 17 heavy (non-hydrogen) atoms. The molecule has 1 aromatic carbocycles. The first-order valence-corrected chi connectivity index (χ1v) is 7.41. The van der Waals surface area contributed by atoms with Gasteiger partial charge >= 0.3 is 0 Å². The van der Waals surface area contributed by atoms with Gasteiger partial charge in [-0.05, 0) is 19.1 Å². The third-order valence-corrected chi connectivity index (χ3v) is 4.09. The van der Waals surface area contributed by atoms with Crippen molar-refractivity contribution >= 4 is 31.3 Å². The molecule has 0 spiro atoms. The zero-order chi connectivity index (χ0) is 12.5. The van der Waals surface area contributed by atoms with Gasteiger partial charge < -0.3 is 0 Å². The zero-order valence-electron chi connectivity index (χ0n) is 9.17. The molecule has 0 fully saturated rings. The van der Waals surface area contributed by atoms with Crippen LogP contribution in [0.2, 0.25) is 0 Å². The minimum Gasteiger partial charge on any atom is -0.296 e. The normalized spacial score (nSPS) is 20.2. The number of nitrogens with zero attached hydrogens (tertiary/aromatic N) is 2. The first-order valence-electron chi connectivity index (χ1n) is 5.04. The van der Waals surface area contributed by atoms with Crippen molar-refractivity contribution in [3.8, 4) is 0 Å². The largest absolute Gasteiger partial charge is 0.296 e. The van der Waals surface area contributed by atoms with Crippen molar-refractivity contribution in [2.75, 3.05) is 12.0 Å². The number of hydrogen-bond donors (Lipinski definition) is 1. The van der Waals surface area contributed by atoms with E-state index in [1.165, 1.54) is 5.01 Å². The van der Waals surface area contributed by atoms with Gasteiger partial charge in [-0.2, -0.15) is 0 Å². The second kappa shape index (κ2) is 4.54. The van der Waals surface area contributed by atoms with E-state index in [1.807, 2.05) is 30.3 Å². The number of anilines is 1. The molecule has 0 radical (unpaired) electrons. The van der Waals surface area contributed by atoms with Gasteiger partial charge in [-0.1, -0.05) is 18.2 Å². The molecule has 0 aromatic heterocycles. The number of halogens is 1. The van der Waals surface area contributed by atoms with Crippen LogP contribution in [0.5, 0.6) is 0 Å². The molecule has 1 unspecified atom stereocenters. The van der Waals surface area contributed by atoms with Crippen LogP contribution in [-0.2, 0) is 9.05 Å². The fourth-order valence-electron chi connectivity index (χ4n) is 1.60. The van der Waals surface area contributed by atoms with Crippen molar-refractivity contribution in [3.05, 3.63) is 30.3 Å². The van der Waals surface area contributed by atoms with Crippen molar-refractivity contribution in [1.82, 2.24) is 5.01 Å². The Bertz CT molecular complexity index is 530. The summed E-state index contributed by atoms with van der Waals surface area (Å²) in [4.78, 5) is 4.08. The third-order valence-electron chi connectivity index (χ3n) is 2.46. The molecule has 1 heterocycles. The van der Waals surface area contributed by atoms with E-state index in [4.69, 9.17) is 10.7 Å². The minimum absolute atomic E-state index is 0.150. The molecule has 1 aliphatic heterocycles. The van der Waals surface area contributed by atoms with E-state index in [0.717, 1.165) is 5.69 Å². The van der Waals surface area contributed by atoms with Crippen LogP contribution in [0.25, 0.3) is 0 Å². The average Bonchev–Trinajstić information content (AvgIpc) is 2.62. The van der Waals surface area contributed by atoms with Crippen molar-refractivity contribution in [3.63, 3.8) is 0 Å². The van der Waals surface area contributed by atoms with Crippen molar-refractivity contribution in [1.29, 1.82) is 0 Å². The van der Waals surface area contributed by atoms with E-state index in [-0.39, 0.29) is 6.54 Å². The van der Waals surface area contributed by atoms with E-state index < -0.39 is 14.4 Å². The molecule has 5 nitrogen and oxygen atoms in total. The van der Waals surface area contributed by atoms with Crippen LogP contribution in [-0.4, -0.2) is 31.2 Å². The number of aliphatic imine (C=N–C) groups is 1. The van der Waals surface area contributed by atoms with Crippen LogP contribution in [0.3, 0.4) is 0 Å². The maximum atomic E-state index is 11.4. The summed E-state index contributed by atoms with van der Waals surface area (Å²) in [5.41, 5.74) is 3.77. The summed E-state index contributed by atoms with van der Waals surface area (Å²) in [6, 6.07) is 9.27. The first kappa shape index (κ1) is 12.2. The SMILES string of the molecule is CC1=NCC(S(=O)(=O)Cl)N1Nc1ccccc1. The second-order valence-electron chi connectivity index (χ2n) is 3.67. The Hall–Kier alpha value is -1.27. The summed E-state index contributed by atoms with van der Waals surface area (Å²) >= 11 is 0. The van der Waals surface area contributed by atoms with Crippen molar-refractivity contribution in [2.45, 2.75) is 12.3 Å². The van der Waals surface area contributed by atoms with Gasteiger partial charge in [0, 0.05) is 10.7 Å². The van der Waals surface area contributed by atoms with Gasteiger partial charge in [-0.3, -0.25) is 15.4 Å². The lowest BCUT2D eigenvalue weighted by Gasteiger charge is -2.25. The maximum Gasteiger partial charge on any atom is 0.257 e. The van der Waals surface area contributed by atoms with Gasteiger partial charge in [0.1, 0.15) is 5.84 Å². The lowest BCUT2D eigenvalue weighted by molar-refractivity contribution is 0.474. The number of hydrazine groups is 1. The van der Waals surface area contributed by atoms with Crippen molar-refractivity contribution in [2.24, 2.45) is 4.99 Å². The van der Waals surface area contributed by atoms with E-state index in [0.29, 0.717) is 5.84 Å². The van der Waals surface area contributed by atoms with Crippen LogP contribution < -0.4 is 5.43 Å². The molecular weight excluding hydrogens is 262 g/mol. The maximum absolute atomic E-state index is 11.4.